The van der Waals surface area contributed by atoms with Gasteiger partial charge in [-0.15, -0.1) is 0 Å². The summed E-state index contributed by atoms with van der Waals surface area (Å²) in [6.45, 7) is 6.58. The van der Waals surface area contributed by atoms with Crippen LogP contribution in [0.4, 0.5) is 10.5 Å². The second kappa shape index (κ2) is 8.69. The molecule has 7 nitrogen and oxygen atoms in total. The fourth-order valence-corrected chi connectivity index (χ4v) is 2.87. The van der Waals surface area contributed by atoms with Crippen molar-refractivity contribution in [3.8, 4) is 0 Å². The third-order valence-corrected chi connectivity index (χ3v) is 4.04. The Balaban J connectivity index is 1.82. The average Bonchev–Trinajstić information content (AvgIpc) is 2.59. The van der Waals surface area contributed by atoms with E-state index in [0.717, 1.165) is 12.1 Å². The Morgan fingerprint density at radius 3 is 2.50 bits per heavy atom. The predicted octanol–water partition coefficient (Wildman–Crippen LogP) is 1.96. The Hall–Kier alpha value is -2.57. The van der Waals surface area contributed by atoms with Crippen molar-refractivity contribution in [1.29, 1.82) is 0 Å². The van der Waals surface area contributed by atoms with Crippen LogP contribution in [0, 0.1) is 5.92 Å². The van der Waals surface area contributed by atoms with Gasteiger partial charge in [0.1, 0.15) is 0 Å². The second-order valence-electron chi connectivity index (χ2n) is 7.60. The van der Waals surface area contributed by atoms with Crippen LogP contribution in [-0.4, -0.2) is 47.9 Å². The van der Waals surface area contributed by atoms with E-state index in [2.05, 4.69) is 16.0 Å². The normalized spacial score (nSPS) is 17.3. The van der Waals surface area contributed by atoms with Crippen LogP contribution in [-0.2, 0) is 9.59 Å². The quantitative estimate of drug-likeness (QED) is 0.767. The summed E-state index contributed by atoms with van der Waals surface area (Å²) in [6.07, 6.45) is 1.47. The van der Waals surface area contributed by atoms with Crippen molar-refractivity contribution >= 4 is 23.5 Å². The molecule has 1 aromatic rings. The summed E-state index contributed by atoms with van der Waals surface area (Å²) in [5.74, 6) is -0.709. The molecule has 1 aliphatic heterocycles. The number of para-hydroxylation sites is 1. The Labute approximate surface area is 154 Å². The van der Waals surface area contributed by atoms with Crippen LogP contribution in [0.3, 0.4) is 0 Å². The predicted molar refractivity (Wildman–Crippen MR) is 101 cm³/mol. The number of nitrogens with zero attached hydrogens (tertiary/aromatic N) is 1. The van der Waals surface area contributed by atoms with Crippen molar-refractivity contribution in [2.75, 3.05) is 25.0 Å². The minimum absolute atomic E-state index is 0.0528. The van der Waals surface area contributed by atoms with Gasteiger partial charge in [-0.05, 0) is 45.7 Å². The van der Waals surface area contributed by atoms with Crippen molar-refractivity contribution in [1.82, 2.24) is 15.5 Å². The SMILES string of the molecule is CC(C)(C)NC(=O)CNC(=O)C1CCCN(C(=O)Nc2ccccc2)C1. The molecule has 1 unspecified atom stereocenters. The first kappa shape index (κ1) is 19.8. The van der Waals surface area contributed by atoms with E-state index < -0.39 is 0 Å². The molecular weight excluding hydrogens is 332 g/mol. The molecule has 1 aromatic carbocycles. The van der Waals surface area contributed by atoms with Gasteiger partial charge in [-0.1, -0.05) is 18.2 Å². The number of rotatable bonds is 4. The minimum atomic E-state index is -0.334. The number of likely N-dealkylation sites (tertiary alicyclic amines) is 1. The van der Waals surface area contributed by atoms with E-state index in [4.69, 9.17) is 0 Å². The fraction of sp³-hybridized carbons (Fsp3) is 0.526. The first-order valence-electron chi connectivity index (χ1n) is 8.94. The van der Waals surface area contributed by atoms with E-state index in [1.54, 1.807) is 4.90 Å². The van der Waals surface area contributed by atoms with Gasteiger partial charge in [-0.25, -0.2) is 4.79 Å². The van der Waals surface area contributed by atoms with Crippen LogP contribution in [0.15, 0.2) is 30.3 Å². The fourth-order valence-electron chi connectivity index (χ4n) is 2.87. The number of hydrogen-bond acceptors (Lipinski definition) is 3. The number of nitrogens with one attached hydrogen (secondary N) is 3. The van der Waals surface area contributed by atoms with Gasteiger partial charge < -0.3 is 20.9 Å². The first-order valence-corrected chi connectivity index (χ1v) is 8.94. The lowest BCUT2D eigenvalue weighted by atomic mass is 9.97. The molecule has 0 bridgehead atoms. The van der Waals surface area contributed by atoms with E-state index in [1.165, 1.54) is 0 Å². The number of carbonyl (C=O) groups is 3. The van der Waals surface area contributed by atoms with Gasteiger partial charge >= 0.3 is 6.03 Å². The molecule has 4 amide bonds. The molecule has 0 aromatic heterocycles. The lowest BCUT2D eigenvalue weighted by molar-refractivity contribution is -0.130. The zero-order valence-electron chi connectivity index (χ0n) is 15.7. The molecule has 1 atom stereocenters. The molecular formula is C19H28N4O3. The van der Waals surface area contributed by atoms with Gasteiger partial charge in [0.2, 0.25) is 11.8 Å². The van der Waals surface area contributed by atoms with Crippen LogP contribution >= 0.6 is 0 Å². The number of amides is 4. The maximum atomic E-state index is 12.4. The molecule has 0 saturated carbocycles. The third kappa shape index (κ3) is 6.38. The molecule has 2 rings (SSSR count). The van der Waals surface area contributed by atoms with Crippen LogP contribution in [0.25, 0.3) is 0 Å². The number of hydrogen-bond donors (Lipinski definition) is 3. The van der Waals surface area contributed by atoms with E-state index in [9.17, 15) is 14.4 Å². The molecule has 0 radical (unpaired) electrons. The molecule has 3 N–H and O–H groups in total. The maximum absolute atomic E-state index is 12.4. The Morgan fingerprint density at radius 1 is 1.15 bits per heavy atom. The van der Waals surface area contributed by atoms with E-state index in [1.807, 2.05) is 51.1 Å². The van der Waals surface area contributed by atoms with Crippen molar-refractivity contribution in [3.05, 3.63) is 30.3 Å². The van der Waals surface area contributed by atoms with E-state index in [-0.39, 0.29) is 35.8 Å². The number of carbonyl (C=O) groups excluding carboxylic acids is 3. The van der Waals surface area contributed by atoms with Crippen molar-refractivity contribution in [2.45, 2.75) is 39.2 Å². The minimum Gasteiger partial charge on any atom is -0.350 e. The van der Waals surface area contributed by atoms with Crippen molar-refractivity contribution in [3.63, 3.8) is 0 Å². The highest BCUT2D eigenvalue weighted by Crippen LogP contribution is 2.18. The van der Waals surface area contributed by atoms with Gasteiger partial charge in [0.25, 0.3) is 0 Å². The molecule has 0 spiro atoms. The van der Waals surface area contributed by atoms with Crippen LogP contribution in [0.5, 0.6) is 0 Å². The standard InChI is InChI=1S/C19H28N4O3/c1-19(2,3)22-16(24)12-20-17(25)14-8-7-11-23(13-14)18(26)21-15-9-5-4-6-10-15/h4-6,9-10,14H,7-8,11-13H2,1-3H3,(H,20,25)(H,21,26)(H,22,24). The Bertz CT molecular complexity index is 640. The summed E-state index contributed by atoms with van der Waals surface area (Å²) >= 11 is 0. The highest BCUT2D eigenvalue weighted by molar-refractivity contribution is 5.90. The van der Waals surface area contributed by atoms with Crippen LogP contribution < -0.4 is 16.0 Å². The summed E-state index contributed by atoms with van der Waals surface area (Å²) in [6, 6.07) is 9.01. The van der Waals surface area contributed by atoms with Gasteiger partial charge in [0, 0.05) is 24.3 Å². The Kier molecular flexibility index (Phi) is 6.60. The van der Waals surface area contributed by atoms with Gasteiger partial charge in [0.05, 0.1) is 12.5 Å². The number of benzene rings is 1. The number of piperidine rings is 1. The third-order valence-electron chi connectivity index (χ3n) is 4.04. The Morgan fingerprint density at radius 2 is 1.85 bits per heavy atom. The topological polar surface area (TPSA) is 90.5 Å². The summed E-state index contributed by atoms with van der Waals surface area (Å²) in [4.78, 5) is 38.2. The van der Waals surface area contributed by atoms with Gasteiger partial charge in [-0.3, -0.25) is 9.59 Å². The molecule has 1 heterocycles. The zero-order chi connectivity index (χ0) is 19.2. The van der Waals surface area contributed by atoms with Crippen molar-refractivity contribution in [2.24, 2.45) is 5.92 Å². The smallest absolute Gasteiger partial charge is 0.321 e. The summed E-state index contributed by atoms with van der Waals surface area (Å²) in [7, 11) is 0. The molecule has 0 aliphatic carbocycles. The number of anilines is 1. The molecule has 26 heavy (non-hydrogen) atoms. The lowest BCUT2D eigenvalue weighted by Gasteiger charge is -2.32. The van der Waals surface area contributed by atoms with Gasteiger partial charge in [0.15, 0.2) is 0 Å². The molecule has 7 heteroatoms. The summed E-state index contributed by atoms with van der Waals surface area (Å²) in [5.41, 5.74) is 0.391. The molecule has 1 aliphatic rings. The first-order chi connectivity index (χ1) is 12.2. The van der Waals surface area contributed by atoms with E-state index >= 15 is 0 Å². The summed E-state index contributed by atoms with van der Waals surface area (Å²) in [5, 5.41) is 8.32. The van der Waals surface area contributed by atoms with Crippen LogP contribution in [0.1, 0.15) is 33.6 Å². The highest BCUT2D eigenvalue weighted by Gasteiger charge is 2.28. The summed E-state index contributed by atoms with van der Waals surface area (Å²) < 4.78 is 0. The second-order valence-corrected chi connectivity index (χ2v) is 7.60. The molecule has 1 saturated heterocycles. The molecule has 142 valence electrons. The van der Waals surface area contributed by atoms with Gasteiger partial charge in [-0.2, -0.15) is 0 Å². The molecule has 1 fully saturated rings. The lowest BCUT2D eigenvalue weighted by Crippen LogP contribution is -2.50. The van der Waals surface area contributed by atoms with E-state index in [0.29, 0.717) is 19.5 Å². The van der Waals surface area contributed by atoms with Crippen LogP contribution in [0.2, 0.25) is 0 Å². The largest absolute Gasteiger partial charge is 0.350 e. The average molecular weight is 360 g/mol. The highest BCUT2D eigenvalue weighted by atomic mass is 16.2. The van der Waals surface area contributed by atoms with Crippen molar-refractivity contribution < 1.29 is 14.4 Å². The zero-order valence-corrected chi connectivity index (χ0v) is 15.7. The monoisotopic (exact) mass is 360 g/mol. The maximum Gasteiger partial charge on any atom is 0.321 e. The number of urea groups is 1.